The molecule has 0 saturated carbocycles. The van der Waals surface area contributed by atoms with Gasteiger partial charge in [0.1, 0.15) is 0 Å². The molecule has 2 atom stereocenters. The standard InChI is InChI=1S/C10H14ClNO/c1-6-3-4-8(5-9(6)11)10(12)7(2)13/h3-5,7,10,13H,12H2,1-2H3/t7?,10-/m1/s1. The second kappa shape index (κ2) is 4.09. The third-order valence-corrected chi connectivity index (χ3v) is 2.51. The highest BCUT2D eigenvalue weighted by atomic mass is 35.5. The molecule has 0 spiro atoms. The highest BCUT2D eigenvalue weighted by Crippen LogP contribution is 2.21. The summed E-state index contributed by atoms with van der Waals surface area (Å²) >= 11 is 5.93. The molecule has 0 heterocycles. The van der Waals surface area contributed by atoms with E-state index in [1.807, 2.05) is 19.1 Å². The Balaban J connectivity index is 2.97. The molecule has 13 heavy (non-hydrogen) atoms. The Morgan fingerprint density at radius 3 is 2.54 bits per heavy atom. The summed E-state index contributed by atoms with van der Waals surface area (Å²) in [5.74, 6) is 0. The van der Waals surface area contributed by atoms with E-state index >= 15 is 0 Å². The Morgan fingerprint density at radius 1 is 1.46 bits per heavy atom. The monoisotopic (exact) mass is 199 g/mol. The van der Waals surface area contributed by atoms with E-state index in [1.54, 1.807) is 13.0 Å². The highest BCUT2D eigenvalue weighted by molar-refractivity contribution is 6.31. The number of rotatable bonds is 2. The fourth-order valence-electron chi connectivity index (χ4n) is 1.09. The van der Waals surface area contributed by atoms with Crippen LogP contribution in [0.25, 0.3) is 0 Å². The largest absolute Gasteiger partial charge is 0.391 e. The second-order valence-electron chi connectivity index (χ2n) is 3.28. The predicted molar refractivity (Wildman–Crippen MR) is 54.8 cm³/mol. The van der Waals surface area contributed by atoms with E-state index in [2.05, 4.69) is 0 Å². The summed E-state index contributed by atoms with van der Waals surface area (Å²) in [5, 5.41) is 9.95. The van der Waals surface area contributed by atoms with Crippen LogP contribution in [-0.2, 0) is 0 Å². The van der Waals surface area contributed by atoms with E-state index in [-0.39, 0.29) is 6.04 Å². The minimum atomic E-state index is -0.557. The van der Waals surface area contributed by atoms with E-state index in [1.165, 1.54) is 0 Å². The summed E-state index contributed by atoms with van der Waals surface area (Å²) in [7, 11) is 0. The van der Waals surface area contributed by atoms with Gasteiger partial charge in [-0.15, -0.1) is 0 Å². The van der Waals surface area contributed by atoms with E-state index in [0.29, 0.717) is 5.02 Å². The van der Waals surface area contributed by atoms with Crippen molar-refractivity contribution in [1.82, 2.24) is 0 Å². The summed E-state index contributed by atoms with van der Waals surface area (Å²) in [6, 6.07) is 5.23. The van der Waals surface area contributed by atoms with Crippen molar-refractivity contribution in [2.75, 3.05) is 0 Å². The number of benzene rings is 1. The Hall–Kier alpha value is -0.570. The molecule has 1 unspecified atom stereocenters. The van der Waals surface area contributed by atoms with Crippen LogP contribution < -0.4 is 5.73 Å². The molecular formula is C10H14ClNO. The molecule has 1 aromatic rings. The highest BCUT2D eigenvalue weighted by Gasteiger charge is 2.12. The average Bonchev–Trinajstić information content (AvgIpc) is 2.08. The van der Waals surface area contributed by atoms with Crippen molar-refractivity contribution in [3.63, 3.8) is 0 Å². The second-order valence-corrected chi connectivity index (χ2v) is 3.68. The van der Waals surface area contributed by atoms with Gasteiger partial charge in [0.25, 0.3) is 0 Å². The number of aryl methyl sites for hydroxylation is 1. The van der Waals surface area contributed by atoms with Gasteiger partial charge in [0.15, 0.2) is 0 Å². The van der Waals surface area contributed by atoms with Crippen molar-refractivity contribution in [3.05, 3.63) is 34.3 Å². The number of nitrogens with two attached hydrogens (primary N) is 1. The van der Waals surface area contributed by atoms with Crippen LogP contribution >= 0.6 is 11.6 Å². The van der Waals surface area contributed by atoms with Crippen LogP contribution in [-0.4, -0.2) is 11.2 Å². The van der Waals surface area contributed by atoms with Crippen molar-refractivity contribution in [2.24, 2.45) is 5.73 Å². The van der Waals surface area contributed by atoms with Crippen LogP contribution in [0, 0.1) is 6.92 Å². The molecule has 3 N–H and O–H groups in total. The first-order chi connectivity index (χ1) is 6.02. The van der Waals surface area contributed by atoms with Crippen molar-refractivity contribution in [1.29, 1.82) is 0 Å². The Bertz CT molecular complexity index is 299. The minimum Gasteiger partial charge on any atom is -0.391 e. The molecule has 2 nitrogen and oxygen atoms in total. The van der Waals surface area contributed by atoms with Crippen LogP contribution in [0.15, 0.2) is 18.2 Å². The molecule has 72 valence electrons. The molecule has 0 amide bonds. The summed E-state index contributed by atoms with van der Waals surface area (Å²) < 4.78 is 0. The van der Waals surface area contributed by atoms with Gasteiger partial charge in [0.2, 0.25) is 0 Å². The first-order valence-corrected chi connectivity index (χ1v) is 4.60. The molecule has 0 aliphatic rings. The predicted octanol–water partition coefficient (Wildman–Crippen LogP) is 2.03. The maximum Gasteiger partial charge on any atom is 0.0704 e. The Morgan fingerprint density at radius 2 is 2.08 bits per heavy atom. The Kier molecular flexibility index (Phi) is 3.31. The van der Waals surface area contributed by atoms with Gasteiger partial charge in [-0.2, -0.15) is 0 Å². The van der Waals surface area contributed by atoms with Crippen molar-refractivity contribution in [2.45, 2.75) is 26.0 Å². The zero-order chi connectivity index (χ0) is 10.0. The molecule has 0 radical (unpaired) electrons. The van der Waals surface area contributed by atoms with Gasteiger partial charge in [0.05, 0.1) is 12.1 Å². The van der Waals surface area contributed by atoms with Gasteiger partial charge in [-0.3, -0.25) is 0 Å². The summed E-state index contributed by atoms with van der Waals surface area (Å²) in [6.07, 6.45) is -0.557. The number of hydrogen-bond acceptors (Lipinski definition) is 2. The van der Waals surface area contributed by atoms with Gasteiger partial charge in [-0.05, 0) is 31.0 Å². The Labute approximate surface area is 83.3 Å². The van der Waals surface area contributed by atoms with Gasteiger partial charge in [-0.1, -0.05) is 23.7 Å². The van der Waals surface area contributed by atoms with Crippen LogP contribution in [0.2, 0.25) is 5.02 Å². The minimum absolute atomic E-state index is 0.363. The lowest BCUT2D eigenvalue weighted by Gasteiger charge is -2.15. The van der Waals surface area contributed by atoms with Crippen molar-refractivity contribution in [3.8, 4) is 0 Å². The summed E-state index contributed by atoms with van der Waals surface area (Å²) in [5.41, 5.74) is 7.63. The third kappa shape index (κ3) is 2.44. The van der Waals surface area contributed by atoms with E-state index < -0.39 is 6.10 Å². The van der Waals surface area contributed by atoms with Crippen LogP contribution in [0.5, 0.6) is 0 Å². The summed E-state index contributed by atoms with van der Waals surface area (Å²) in [6.45, 7) is 3.60. The van der Waals surface area contributed by atoms with Crippen LogP contribution in [0.1, 0.15) is 24.1 Å². The number of aliphatic hydroxyl groups excluding tert-OH is 1. The van der Waals surface area contributed by atoms with E-state index in [0.717, 1.165) is 11.1 Å². The zero-order valence-corrected chi connectivity index (χ0v) is 8.55. The number of hydrogen-bond donors (Lipinski definition) is 2. The topological polar surface area (TPSA) is 46.2 Å². The van der Waals surface area contributed by atoms with Gasteiger partial charge < -0.3 is 10.8 Å². The maximum atomic E-state index is 9.27. The molecule has 0 saturated heterocycles. The average molecular weight is 200 g/mol. The molecule has 3 heteroatoms. The van der Waals surface area contributed by atoms with E-state index in [4.69, 9.17) is 17.3 Å². The van der Waals surface area contributed by atoms with Gasteiger partial charge in [0, 0.05) is 5.02 Å². The molecular weight excluding hydrogens is 186 g/mol. The maximum absolute atomic E-state index is 9.27. The number of halogens is 1. The molecule has 0 aliphatic heterocycles. The molecule has 0 aliphatic carbocycles. The smallest absolute Gasteiger partial charge is 0.0704 e. The van der Waals surface area contributed by atoms with Crippen molar-refractivity contribution < 1.29 is 5.11 Å². The summed E-state index contributed by atoms with van der Waals surface area (Å²) in [4.78, 5) is 0. The molecule has 1 aromatic carbocycles. The lowest BCUT2D eigenvalue weighted by Crippen LogP contribution is -2.23. The normalized spacial score (nSPS) is 15.5. The molecule has 1 rings (SSSR count). The first kappa shape index (κ1) is 10.5. The molecule has 0 fully saturated rings. The zero-order valence-electron chi connectivity index (χ0n) is 7.79. The number of aliphatic hydroxyl groups is 1. The first-order valence-electron chi connectivity index (χ1n) is 4.22. The quantitative estimate of drug-likeness (QED) is 0.766. The van der Waals surface area contributed by atoms with Crippen LogP contribution in [0.3, 0.4) is 0 Å². The lowest BCUT2D eigenvalue weighted by atomic mass is 10.0. The molecule has 0 aromatic heterocycles. The van der Waals surface area contributed by atoms with E-state index in [9.17, 15) is 5.11 Å². The van der Waals surface area contributed by atoms with Gasteiger partial charge in [-0.25, -0.2) is 0 Å². The fourth-order valence-corrected chi connectivity index (χ4v) is 1.28. The van der Waals surface area contributed by atoms with Gasteiger partial charge >= 0.3 is 0 Å². The third-order valence-electron chi connectivity index (χ3n) is 2.10. The fraction of sp³-hybridized carbons (Fsp3) is 0.400. The molecule has 0 bridgehead atoms. The lowest BCUT2D eigenvalue weighted by molar-refractivity contribution is 0.164. The van der Waals surface area contributed by atoms with Crippen LogP contribution in [0.4, 0.5) is 0 Å². The van der Waals surface area contributed by atoms with Crippen molar-refractivity contribution >= 4 is 11.6 Å². The SMILES string of the molecule is Cc1ccc([C@H](N)C(C)O)cc1Cl.